The maximum atomic E-state index is 11.5. The highest BCUT2D eigenvalue weighted by atomic mass is 16.5. The lowest BCUT2D eigenvalue weighted by Gasteiger charge is -2.12. The van der Waals surface area contributed by atoms with E-state index in [0.717, 1.165) is 22.4 Å². The second kappa shape index (κ2) is 8.76. The smallest absolute Gasteiger partial charge is 0.337 e. The van der Waals surface area contributed by atoms with Crippen LogP contribution >= 0.6 is 0 Å². The third kappa shape index (κ3) is 4.58. The number of carbonyl (C=O) groups is 1. The number of carbonyl (C=O) groups excluding carboxylic acids is 1. The van der Waals surface area contributed by atoms with Crippen LogP contribution in [0.25, 0.3) is 0 Å². The average Bonchev–Trinajstić information content (AvgIpc) is 2.74. The summed E-state index contributed by atoms with van der Waals surface area (Å²) < 4.78 is 10.6. The molecule has 0 heterocycles. The molecule has 0 radical (unpaired) electrons. The van der Waals surface area contributed by atoms with Gasteiger partial charge in [0, 0.05) is 0 Å². The molecule has 0 aliphatic heterocycles. The van der Waals surface area contributed by atoms with Crippen molar-refractivity contribution in [2.24, 2.45) is 5.11 Å². The zero-order valence-corrected chi connectivity index (χ0v) is 15.0. The summed E-state index contributed by atoms with van der Waals surface area (Å²) in [6, 6.07) is 24.5. The third-order valence-corrected chi connectivity index (χ3v) is 4.22. The van der Waals surface area contributed by atoms with Crippen molar-refractivity contribution in [1.82, 2.24) is 0 Å². The normalized spacial score (nSPS) is 11.4. The molecular weight excluding hydrogens is 340 g/mol. The van der Waals surface area contributed by atoms with Gasteiger partial charge < -0.3 is 9.47 Å². The zero-order chi connectivity index (χ0) is 19.1. The maximum absolute atomic E-state index is 11.5. The molecular formula is C22H21N2O3+. The van der Waals surface area contributed by atoms with Gasteiger partial charge in [-0.15, -0.1) is 0 Å². The molecule has 3 aromatic carbocycles. The number of benzene rings is 3. The van der Waals surface area contributed by atoms with Gasteiger partial charge in [-0.05, 0) is 46.1 Å². The molecule has 3 rings (SSSR count). The Hall–Kier alpha value is -3.47. The SMILES string of the molecule is COC(=O)c1ccc(COc2cccc(C(N=[NH2+])c3ccccc3)c2)cc1. The fraction of sp³-hybridized carbons (Fsp3) is 0.136. The van der Waals surface area contributed by atoms with E-state index >= 15 is 0 Å². The van der Waals surface area contributed by atoms with Crippen LogP contribution in [0.4, 0.5) is 0 Å². The maximum Gasteiger partial charge on any atom is 0.337 e. The minimum atomic E-state index is -0.354. The van der Waals surface area contributed by atoms with E-state index in [1.54, 1.807) is 12.1 Å². The van der Waals surface area contributed by atoms with Gasteiger partial charge in [-0.2, -0.15) is 5.53 Å². The molecule has 0 saturated carbocycles. The number of methoxy groups -OCH3 is 1. The van der Waals surface area contributed by atoms with Crippen molar-refractivity contribution in [2.75, 3.05) is 7.11 Å². The van der Waals surface area contributed by atoms with Crippen molar-refractivity contribution in [1.29, 1.82) is 0 Å². The van der Waals surface area contributed by atoms with Crippen molar-refractivity contribution >= 4 is 5.97 Å². The topological polar surface area (TPSA) is 73.5 Å². The van der Waals surface area contributed by atoms with E-state index in [1.807, 2.05) is 66.7 Å². The van der Waals surface area contributed by atoms with Crippen molar-refractivity contribution in [3.05, 3.63) is 101 Å². The van der Waals surface area contributed by atoms with Crippen molar-refractivity contribution in [2.45, 2.75) is 12.6 Å². The largest absolute Gasteiger partial charge is 0.489 e. The monoisotopic (exact) mass is 361 g/mol. The van der Waals surface area contributed by atoms with Gasteiger partial charge in [0.15, 0.2) is 6.04 Å². The standard InChI is InChI=1S/C22H20N2O3/c1-26-22(25)18-12-10-16(11-13-18)15-27-20-9-5-8-19(14-20)21(24-23)17-6-3-2-4-7-17/h2-14,21,23H,15H2,1H3/p+1. The van der Waals surface area contributed by atoms with E-state index in [0.29, 0.717) is 12.2 Å². The second-order valence-corrected chi connectivity index (χ2v) is 6.01. The molecule has 0 aliphatic carbocycles. The molecule has 1 unspecified atom stereocenters. The van der Waals surface area contributed by atoms with Gasteiger partial charge in [0.1, 0.15) is 12.4 Å². The van der Waals surface area contributed by atoms with Crippen LogP contribution in [0.15, 0.2) is 84.0 Å². The summed E-state index contributed by atoms with van der Waals surface area (Å²) in [7, 11) is 1.36. The fourth-order valence-electron chi connectivity index (χ4n) is 2.80. The van der Waals surface area contributed by atoms with E-state index in [-0.39, 0.29) is 12.0 Å². The first-order valence-electron chi connectivity index (χ1n) is 8.56. The van der Waals surface area contributed by atoms with Crippen molar-refractivity contribution < 1.29 is 19.8 Å². The van der Waals surface area contributed by atoms with Crippen LogP contribution in [0.3, 0.4) is 0 Å². The summed E-state index contributed by atoms with van der Waals surface area (Å²) in [5, 5.41) is 4.02. The zero-order valence-electron chi connectivity index (χ0n) is 15.0. The van der Waals surface area contributed by atoms with Crippen LogP contribution in [0.5, 0.6) is 5.75 Å². The first kappa shape index (κ1) is 18.3. The van der Waals surface area contributed by atoms with Crippen LogP contribution in [0.1, 0.15) is 33.1 Å². The number of ether oxygens (including phenoxy) is 2. The highest BCUT2D eigenvalue weighted by Crippen LogP contribution is 2.27. The number of nitrogens with two attached hydrogens (primary N) is 1. The van der Waals surface area contributed by atoms with E-state index in [1.165, 1.54) is 7.11 Å². The predicted molar refractivity (Wildman–Crippen MR) is 101 cm³/mol. The Kier molecular flexibility index (Phi) is 5.94. The molecule has 1 atom stereocenters. The number of esters is 1. The predicted octanol–water partition coefficient (Wildman–Crippen LogP) is 3.35. The molecule has 0 saturated heterocycles. The molecule has 0 spiro atoms. The number of rotatable bonds is 7. The Morgan fingerprint density at radius 2 is 1.67 bits per heavy atom. The molecule has 136 valence electrons. The lowest BCUT2D eigenvalue weighted by atomic mass is 9.99. The molecule has 5 heteroatoms. The molecule has 0 aliphatic rings. The summed E-state index contributed by atoms with van der Waals surface area (Å²) in [5.74, 6) is 0.377. The lowest BCUT2D eigenvalue weighted by Crippen LogP contribution is -2.26. The number of hydrogen-bond donors (Lipinski definition) is 1. The van der Waals surface area contributed by atoms with Crippen LogP contribution in [-0.4, -0.2) is 13.1 Å². The summed E-state index contributed by atoms with van der Waals surface area (Å²) in [6.45, 7) is 0.390. The van der Waals surface area contributed by atoms with Gasteiger partial charge in [0.2, 0.25) is 0 Å². The van der Waals surface area contributed by atoms with E-state index in [9.17, 15) is 4.79 Å². The van der Waals surface area contributed by atoms with Crippen molar-refractivity contribution in [3.63, 3.8) is 0 Å². The Balaban J connectivity index is 1.70. The van der Waals surface area contributed by atoms with E-state index in [4.69, 9.17) is 15.0 Å². The van der Waals surface area contributed by atoms with Gasteiger partial charge in [-0.1, -0.05) is 54.6 Å². The summed E-state index contributed by atoms with van der Waals surface area (Å²) in [4.78, 5) is 11.5. The molecule has 0 aromatic heterocycles. The Morgan fingerprint density at radius 1 is 0.963 bits per heavy atom. The van der Waals surface area contributed by atoms with Gasteiger partial charge in [0.25, 0.3) is 0 Å². The number of nitrogens with zero attached hydrogens (tertiary/aromatic N) is 1. The highest BCUT2D eigenvalue weighted by molar-refractivity contribution is 5.89. The molecule has 0 fully saturated rings. The minimum Gasteiger partial charge on any atom is -0.489 e. The Morgan fingerprint density at radius 3 is 2.33 bits per heavy atom. The molecule has 0 amide bonds. The molecule has 27 heavy (non-hydrogen) atoms. The summed E-state index contributed by atoms with van der Waals surface area (Å²) in [5.41, 5.74) is 9.10. The molecule has 5 nitrogen and oxygen atoms in total. The molecule has 2 N–H and O–H groups in total. The first-order chi connectivity index (χ1) is 13.2. The van der Waals surface area contributed by atoms with E-state index in [2.05, 4.69) is 5.11 Å². The third-order valence-electron chi connectivity index (χ3n) is 4.22. The van der Waals surface area contributed by atoms with Gasteiger partial charge >= 0.3 is 5.97 Å². The lowest BCUT2D eigenvalue weighted by molar-refractivity contribution is -0.227. The average molecular weight is 361 g/mol. The van der Waals surface area contributed by atoms with Crippen LogP contribution in [-0.2, 0) is 11.3 Å². The summed E-state index contributed by atoms with van der Waals surface area (Å²) >= 11 is 0. The van der Waals surface area contributed by atoms with Gasteiger partial charge in [-0.3, -0.25) is 0 Å². The number of hydrogen-bond acceptors (Lipinski definition) is 4. The quantitative estimate of drug-likeness (QED) is 0.518. The van der Waals surface area contributed by atoms with Gasteiger partial charge in [0.05, 0.1) is 12.7 Å². The minimum absolute atomic E-state index is 0.242. The molecule has 3 aromatic rings. The van der Waals surface area contributed by atoms with Crippen LogP contribution in [0.2, 0.25) is 0 Å². The first-order valence-corrected chi connectivity index (χ1v) is 8.56. The van der Waals surface area contributed by atoms with Crippen LogP contribution < -0.4 is 10.3 Å². The molecule has 0 bridgehead atoms. The highest BCUT2D eigenvalue weighted by Gasteiger charge is 2.15. The van der Waals surface area contributed by atoms with Crippen LogP contribution in [0, 0.1) is 0 Å². The van der Waals surface area contributed by atoms with Crippen molar-refractivity contribution in [3.8, 4) is 5.75 Å². The second-order valence-electron chi connectivity index (χ2n) is 6.01. The van der Waals surface area contributed by atoms with Gasteiger partial charge in [-0.25, -0.2) is 4.79 Å². The Labute approximate surface area is 158 Å². The fourth-order valence-corrected chi connectivity index (χ4v) is 2.80. The summed E-state index contributed by atoms with van der Waals surface area (Å²) in [6.07, 6.45) is 0. The Bertz CT molecular complexity index is 908. The van der Waals surface area contributed by atoms with E-state index < -0.39 is 0 Å².